The van der Waals surface area contributed by atoms with Gasteiger partial charge in [-0.15, -0.1) is 0 Å². The molecular formula is C21H21FN4O. The molecule has 1 unspecified atom stereocenters. The number of hydrogen-bond donors (Lipinski definition) is 1. The molecule has 3 heterocycles. The van der Waals surface area contributed by atoms with Gasteiger partial charge in [0.25, 0.3) is 0 Å². The molecule has 0 bridgehead atoms. The van der Waals surface area contributed by atoms with Crippen LogP contribution in [0.2, 0.25) is 0 Å². The lowest BCUT2D eigenvalue weighted by Crippen LogP contribution is -2.42. The lowest BCUT2D eigenvalue weighted by Gasteiger charge is -2.33. The van der Waals surface area contributed by atoms with E-state index in [1.165, 1.54) is 12.1 Å². The first-order chi connectivity index (χ1) is 13.0. The van der Waals surface area contributed by atoms with E-state index in [-0.39, 0.29) is 11.9 Å². The van der Waals surface area contributed by atoms with Gasteiger partial charge in [-0.3, -0.25) is 0 Å². The Balaban J connectivity index is 1.74. The molecule has 5 nitrogen and oxygen atoms in total. The monoisotopic (exact) mass is 364 g/mol. The van der Waals surface area contributed by atoms with Crippen molar-refractivity contribution >= 4 is 11.6 Å². The third-order valence-corrected chi connectivity index (χ3v) is 4.86. The Bertz CT molecular complexity index is 949. The van der Waals surface area contributed by atoms with Crippen molar-refractivity contribution in [1.29, 1.82) is 0 Å². The highest BCUT2D eigenvalue weighted by Crippen LogP contribution is 2.40. The molecule has 6 heteroatoms. The highest BCUT2D eigenvalue weighted by Gasteiger charge is 2.35. The number of methoxy groups -OCH3 is 1. The lowest BCUT2D eigenvalue weighted by atomic mass is 10.0. The summed E-state index contributed by atoms with van der Waals surface area (Å²) in [6, 6.07) is 10.5. The minimum absolute atomic E-state index is 0.0997. The van der Waals surface area contributed by atoms with E-state index in [4.69, 9.17) is 9.73 Å². The SMILES string of the molecule is C=C1C=C2CCC(c3ccc(F)cc3)N2C(=Nc2ccc(OC)nc2C)N1. The van der Waals surface area contributed by atoms with Crippen LogP contribution < -0.4 is 10.1 Å². The van der Waals surface area contributed by atoms with E-state index in [2.05, 4.69) is 21.8 Å². The van der Waals surface area contributed by atoms with Crippen molar-refractivity contribution in [1.82, 2.24) is 15.2 Å². The number of aromatic nitrogens is 1. The van der Waals surface area contributed by atoms with Gasteiger partial charge < -0.3 is 15.0 Å². The zero-order chi connectivity index (χ0) is 19.0. The number of aryl methyl sites for hydroxylation is 1. The van der Waals surface area contributed by atoms with E-state index in [1.54, 1.807) is 13.2 Å². The second kappa shape index (κ2) is 6.87. The van der Waals surface area contributed by atoms with Gasteiger partial charge in [-0.25, -0.2) is 14.4 Å². The molecule has 0 radical (unpaired) electrons. The van der Waals surface area contributed by atoms with Crippen LogP contribution >= 0.6 is 0 Å². The number of guanidine groups is 1. The average Bonchev–Trinajstić information content (AvgIpc) is 3.07. The molecule has 1 fully saturated rings. The van der Waals surface area contributed by atoms with Gasteiger partial charge in [-0.2, -0.15) is 0 Å². The maximum absolute atomic E-state index is 13.3. The van der Waals surface area contributed by atoms with Crippen molar-refractivity contribution in [2.24, 2.45) is 4.99 Å². The summed E-state index contributed by atoms with van der Waals surface area (Å²) in [7, 11) is 1.59. The Kier molecular flexibility index (Phi) is 4.39. The molecule has 0 spiro atoms. The van der Waals surface area contributed by atoms with Gasteiger partial charge in [0.05, 0.1) is 24.5 Å². The summed E-state index contributed by atoms with van der Waals surface area (Å²) >= 11 is 0. The molecule has 27 heavy (non-hydrogen) atoms. The number of benzene rings is 1. The minimum Gasteiger partial charge on any atom is -0.481 e. The Hall–Kier alpha value is -3.15. The molecule has 0 amide bonds. The molecule has 0 saturated carbocycles. The van der Waals surface area contributed by atoms with Crippen LogP contribution in [0.5, 0.6) is 5.88 Å². The van der Waals surface area contributed by atoms with Crippen LogP contribution in [0.3, 0.4) is 0 Å². The first-order valence-corrected chi connectivity index (χ1v) is 8.86. The maximum Gasteiger partial charge on any atom is 0.213 e. The quantitative estimate of drug-likeness (QED) is 0.879. The first-order valence-electron chi connectivity index (χ1n) is 8.86. The van der Waals surface area contributed by atoms with E-state index in [9.17, 15) is 4.39 Å². The van der Waals surface area contributed by atoms with Gasteiger partial charge >= 0.3 is 0 Å². The molecule has 2 aliphatic rings. The van der Waals surface area contributed by atoms with Crippen LogP contribution in [0.25, 0.3) is 0 Å². The van der Waals surface area contributed by atoms with Gasteiger partial charge in [-0.1, -0.05) is 18.7 Å². The Morgan fingerprint density at radius 1 is 1.26 bits per heavy atom. The van der Waals surface area contributed by atoms with Crippen molar-refractivity contribution in [3.05, 3.63) is 77.5 Å². The van der Waals surface area contributed by atoms with Crippen LogP contribution in [-0.2, 0) is 0 Å². The summed E-state index contributed by atoms with van der Waals surface area (Å²) in [6.07, 6.45) is 3.90. The van der Waals surface area contributed by atoms with Crippen molar-refractivity contribution in [2.75, 3.05) is 7.11 Å². The number of pyridine rings is 1. The first kappa shape index (κ1) is 17.3. The minimum atomic E-state index is -0.230. The standard InChI is InChI=1S/C21H21FN4O/c1-13-12-17-8-10-19(15-4-6-16(22)7-5-15)26(17)21(23-13)25-18-9-11-20(27-3)24-14(18)2/h4-7,9,11-12,19H,1,8,10H2,2-3H3,(H,23,25). The van der Waals surface area contributed by atoms with Crippen LogP contribution in [0, 0.1) is 12.7 Å². The van der Waals surface area contributed by atoms with E-state index < -0.39 is 0 Å². The normalized spacial score (nSPS) is 20.3. The van der Waals surface area contributed by atoms with Gasteiger partial charge in [0.1, 0.15) is 5.82 Å². The Morgan fingerprint density at radius 2 is 2.04 bits per heavy atom. The van der Waals surface area contributed by atoms with Crippen molar-refractivity contribution < 1.29 is 9.13 Å². The lowest BCUT2D eigenvalue weighted by molar-refractivity contribution is 0.397. The van der Waals surface area contributed by atoms with Crippen molar-refractivity contribution in [3.63, 3.8) is 0 Å². The van der Waals surface area contributed by atoms with Crippen LogP contribution in [-0.4, -0.2) is 23.0 Å². The molecule has 1 atom stereocenters. The number of halogens is 1. The summed E-state index contributed by atoms with van der Waals surface area (Å²) < 4.78 is 18.5. The largest absolute Gasteiger partial charge is 0.481 e. The fraction of sp³-hybridized carbons (Fsp3) is 0.238. The number of nitrogens with zero attached hydrogens (tertiary/aromatic N) is 3. The average molecular weight is 364 g/mol. The zero-order valence-electron chi connectivity index (χ0n) is 15.4. The van der Waals surface area contributed by atoms with Crippen molar-refractivity contribution in [2.45, 2.75) is 25.8 Å². The third kappa shape index (κ3) is 3.30. The molecule has 2 aliphatic heterocycles. The molecule has 0 aliphatic carbocycles. The highest BCUT2D eigenvalue weighted by molar-refractivity contribution is 5.88. The fourth-order valence-electron chi connectivity index (χ4n) is 3.56. The topological polar surface area (TPSA) is 49.8 Å². The number of ether oxygens (including phenoxy) is 1. The van der Waals surface area contributed by atoms with Gasteiger partial charge in [-0.05, 0) is 49.6 Å². The van der Waals surface area contributed by atoms with Crippen LogP contribution in [0.15, 0.2) is 65.4 Å². The molecule has 2 aromatic rings. The zero-order valence-corrected chi connectivity index (χ0v) is 15.4. The summed E-state index contributed by atoms with van der Waals surface area (Å²) in [6.45, 7) is 5.95. The molecule has 138 valence electrons. The Morgan fingerprint density at radius 3 is 2.74 bits per heavy atom. The van der Waals surface area contributed by atoms with Gasteiger partial charge in [0.15, 0.2) is 0 Å². The second-order valence-electron chi connectivity index (χ2n) is 6.66. The van der Waals surface area contributed by atoms with Gasteiger partial charge in [0.2, 0.25) is 11.8 Å². The number of allylic oxidation sites excluding steroid dienone is 2. The number of rotatable bonds is 3. The van der Waals surface area contributed by atoms with E-state index in [0.717, 1.165) is 41.2 Å². The highest BCUT2D eigenvalue weighted by atomic mass is 19.1. The second-order valence-corrected chi connectivity index (χ2v) is 6.66. The van der Waals surface area contributed by atoms with Crippen molar-refractivity contribution in [3.8, 4) is 5.88 Å². The number of hydrogen-bond acceptors (Lipinski definition) is 3. The molecular weight excluding hydrogens is 343 g/mol. The number of aliphatic imine (C=N–C) groups is 1. The molecule has 1 N–H and O–H groups in total. The summed E-state index contributed by atoms with van der Waals surface area (Å²) in [4.78, 5) is 11.4. The Labute approximate surface area is 157 Å². The third-order valence-electron chi connectivity index (χ3n) is 4.86. The molecule has 1 aromatic heterocycles. The summed E-state index contributed by atoms with van der Waals surface area (Å²) in [5.41, 5.74) is 4.57. The number of fused-ring (bicyclic) bond motifs is 1. The smallest absolute Gasteiger partial charge is 0.213 e. The van der Waals surface area contributed by atoms with E-state index in [1.807, 2.05) is 31.2 Å². The predicted molar refractivity (Wildman–Crippen MR) is 103 cm³/mol. The maximum atomic E-state index is 13.3. The van der Waals surface area contributed by atoms with Crippen LogP contribution in [0.1, 0.15) is 30.1 Å². The summed E-state index contributed by atoms with van der Waals surface area (Å²) in [5.74, 6) is 1.04. The van der Waals surface area contributed by atoms with E-state index in [0.29, 0.717) is 11.8 Å². The fourth-order valence-corrected chi connectivity index (χ4v) is 3.56. The molecule has 1 saturated heterocycles. The molecule has 1 aromatic carbocycles. The molecule has 4 rings (SSSR count). The predicted octanol–water partition coefficient (Wildman–Crippen LogP) is 4.36. The number of nitrogens with one attached hydrogen (secondary N) is 1. The van der Waals surface area contributed by atoms with Gasteiger partial charge in [0, 0.05) is 17.5 Å². The summed E-state index contributed by atoms with van der Waals surface area (Å²) in [5, 5.41) is 3.28. The van der Waals surface area contributed by atoms with E-state index >= 15 is 0 Å². The van der Waals surface area contributed by atoms with Crippen LogP contribution in [0.4, 0.5) is 10.1 Å².